The number of nitrogens with zero attached hydrogens (tertiary/aromatic N) is 3. The first-order chi connectivity index (χ1) is 21.7. The van der Waals surface area contributed by atoms with Gasteiger partial charge in [0.25, 0.3) is 0 Å². The maximum atomic E-state index is 14.7. The Labute approximate surface area is 282 Å². The summed E-state index contributed by atoms with van der Waals surface area (Å²) < 4.78 is 2.75. The quantitative estimate of drug-likeness (QED) is 0.218. The Morgan fingerprint density at radius 3 is 0.771 bits per heavy atom. The van der Waals surface area contributed by atoms with E-state index in [-0.39, 0.29) is 34.3 Å². The Morgan fingerprint density at radius 1 is 0.417 bits per heavy atom. The number of rotatable bonds is 3. The third kappa shape index (κ3) is 5.67. The van der Waals surface area contributed by atoms with Gasteiger partial charge in [0.1, 0.15) is 17.2 Å². The van der Waals surface area contributed by atoms with Gasteiger partial charge >= 0.3 is 17.1 Å². The summed E-state index contributed by atoms with van der Waals surface area (Å²) in [5, 5.41) is 34.2. The van der Waals surface area contributed by atoms with Crippen molar-refractivity contribution in [3.8, 4) is 34.3 Å². The third-order valence-corrected chi connectivity index (χ3v) is 9.34. The van der Waals surface area contributed by atoms with Crippen LogP contribution in [0, 0.1) is 41.5 Å². The average Bonchev–Trinajstić information content (AvgIpc) is 2.93. The van der Waals surface area contributed by atoms with Crippen LogP contribution in [0.4, 0.5) is 0 Å². The van der Waals surface area contributed by atoms with E-state index in [0.717, 1.165) is 13.7 Å². The van der Waals surface area contributed by atoms with Crippen molar-refractivity contribution < 1.29 is 15.3 Å². The molecule has 1 aromatic heterocycles. The fraction of sp³-hybridized carbons (Fsp3) is 0.462. The van der Waals surface area contributed by atoms with Gasteiger partial charge in [0.2, 0.25) is 0 Å². The standard InChI is InChI=1S/C39H51N3O6/c1-19-16-25(37(7,8)9)31(43)22(4)28(19)40-34(46)41(29-20(2)17-26(38(10,11)12)32(44)23(29)5)36(48)42(35(40)47)30-21(3)18-27(39(13,14)15)33(45)24(30)6/h16-18,43-45H,1-15H3. The van der Waals surface area contributed by atoms with E-state index in [2.05, 4.69) is 0 Å². The molecule has 48 heavy (non-hydrogen) atoms. The first kappa shape index (κ1) is 36.3. The van der Waals surface area contributed by atoms with Crippen molar-refractivity contribution in [2.45, 2.75) is 120 Å². The molecule has 0 aliphatic rings. The highest BCUT2D eigenvalue weighted by Gasteiger charge is 2.31. The number of hydrogen-bond donors (Lipinski definition) is 3. The monoisotopic (exact) mass is 657 g/mol. The number of phenols is 3. The van der Waals surface area contributed by atoms with Crippen LogP contribution >= 0.6 is 0 Å². The van der Waals surface area contributed by atoms with Gasteiger partial charge in [-0.3, -0.25) is 0 Å². The van der Waals surface area contributed by atoms with E-state index in [4.69, 9.17) is 0 Å². The Kier molecular flexibility index (Phi) is 8.75. The first-order valence-corrected chi connectivity index (χ1v) is 16.3. The summed E-state index contributed by atoms with van der Waals surface area (Å²) in [7, 11) is 0. The molecule has 0 spiro atoms. The molecule has 258 valence electrons. The van der Waals surface area contributed by atoms with E-state index < -0.39 is 33.3 Å². The number of aryl methyl sites for hydroxylation is 3. The molecule has 9 nitrogen and oxygen atoms in total. The zero-order valence-corrected chi connectivity index (χ0v) is 31.1. The van der Waals surface area contributed by atoms with Crippen molar-refractivity contribution in [1.29, 1.82) is 0 Å². The number of aromatic hydroxyl groups is 3. The smallest absolute Gasteiger partial charge is 0.345 e. The summed E-state index contributed by atoms with van der Waals surface area (Å²) in [5.41, 5.74) is 0.749. The highest BCUT2D eigenvalue weighted by Crippen LogP contribution is 2.40. The molecule has 3 N–H and O–H groups in total. The number of hydrogen-bond acceptors (Lipinski definition) is 6. The van der Waals surface area contributed by atoms with Crippen molar-refractivity contribution in [3.63, 3.8) is 0 Å². The van der Waals surface area contributed by atoms with Gasteiger partial charge in [-0.15, -0.1) is 0 Å². The normalized spacial score (nSPS) is 12.6. The summed E-state index contributed by atoms with van der Waals surface area (Å²) in [6.45, 7) is 27.8. The van der Waals surface area contributed by atoms with Gasteiger partial charge < -0.3 is 15.3 Å². The van der Waals surface area contributed by atoms with Crippen LogP contribution in [0.25, 0.3) is 17.1 Å². The molecule has 9 heteroatoms. The van der Waals surface area contributed by atoms with Gasteiger partial charge in [-0.25, -0.2) is 28.1 Å². The van der Waals surface area contributed by atoms with E-state index in [0.29, 0.717) is 50.1 Å². The highest BCUT2D eigenvalue weighted by molar-refractivity contribution is 5.62. The summed E-state index contributed by atoms with van der Waals surface area (Å²) in [6, 6.07) is 5.26. The van der Waals surface area contributed by atoms with Crippen LogP contribution in [-0.4, -0.2) is 29.0 Å². The molecule has 0 saturated carbocycles. The molecule has 0 aliphatic carbocycles. The molecular weight excluding hydrogens is 606 g/mol. The van der Waals surface area contributed by atoms with E-state index >= 15 is 0 Å². The Morgan fingerprint density at radius 2 is 0.604 bits per heavy atom. The highest BCUT2D eigenvalue weighted by atomic mass is 16.3. The largest absolute Gasteiger partial charge is 0.507 e. The zero-order chi connectivity index (χ0) is 36.7. The summed E-state index contributed by atoms with van der Waals surface area (Å²) in [4.78, 5) is 44.1. The molecule has 0 bridgehead atoms. The maximum absolute atomic E-state index is 14.7. The molecule has 0 saturated heterocycles. The molecule has 4 aromatic rings. The minimum atomic E-state index is -0.949. The second-order valence-electron chi connectivity index (χ2n) is 16.3. The van der Waals surface area contributed by atoms with Crippen LogP contribution in [0.5, 0.6) is 17.2 Å². The molecular formula is C39H51N3O6. The fourth-order valence-electron chi connectivity index (χ4n) is 6.76. The van der Waals surface area contributed by atoms with E-state index in [1.165, 1.54) is 0 Å². The summed E-state index contributed by atoms with van der Waals surface area (Å²) in [5.74, 6) is -0.173. The summed E-state index contributed by atoms with van der Waals surface area (Å²) >= 11 is 0. The lowest BCUT2D eigenvalue weighted by molar-refractivity contribution is 0.441. The van der Waals surface area contributed by atoms with E-state index in [9.17, 15) is 29.7 Å². The first-order valence-electron chi connectivity index (χ1n) is 16.3. The fourth-order valence-corrected chi connectivity index (χ4v) is 6.76. The van der Waals surface area contributed by atoms with E-state index in [1.54, 1.807) is 59.7 Å². The number of aromatic nitrogens is 3. The zero-order valence-electron chi connectivity index (χ0n) is 31.1. The second kappa shape index (κ2) is 11.6. The molecule has 3 aromatic carbocycles. The maximum Gasteiger partial charge on any atom is 0.345 e. The number of phenolic OH excluding ortho intramolecular Hbond substituents is 3. The molecule has 0 fully saturated rings. The van der Waals surface area contributed by atoms with Crippen molar-refractivity contribution >= 4 is 0 Å². The van der Waals surface area contributed by atoms with Crippen LogP contribution in [0.15, 0.2) is 32.6 Å². The van der Waals surface area contributed by atoms with Crippen molar-refractivity contribution in [2.24, 2.45) is 0 Å². The van der Waals surface area contributed by atoms with Crippen LogP contribution in [0.3, 0.4) is 0 Å². The second-order valence-corrected chi connectivity index (χ2v) is 16.3. The Hall–Kier alpha value is -4.53. The van der Waals surface area contributed by atoms with Crippen molar-refractivity contribution in [1.82, 2.24) is 13.7 Å². The predicted octanol–water partition coefficient (Wildman–Crippen LogP) is 7.00. The Bertz CT molecular complexity index is 1900. The Balaban J connectivity index is 2.35. The third-order valence-electron chi connectivity index (χ3n) is 9.34. The topological polar surface area (TPSA) is 127 Å². The molecule has 0 amide bonds. The SMILES string of the molecule is Cc1cc(C(C)(C)C)c(O)c(C)c1-n1c(=O)n(-c2c(C)cc(C(C)(C)C)c(O)c2C)c(=O)n(-c2c(C)cc(C(C)(C)C)c(O)c2C)c1=O. The lowest BCUT2D eigenvalue weighted by Gasteiger charge is -2.27. The van der Waals surface area contributed by atoms with E-state index in [1.807, 2.05) is 62.3 Å². The van der Waals surface area contributed by atoms with Crippen molar-refractivity contribution in [3.05, 3.63) is 99.7 Å². The molecule has 0 atom stereocenters. The minimum Gasteiger partial charge on any atom is -0.507 e. The lowest BCUT2D eigenvalue weighted by Crippen LogP contribution is -2.53. The van der Waals surface area contributed by atoms with Crippen LogP contribution < -0.4 is 17.1 Å². The molecule has 0 radical (unpaired) electrons. The van der Waals surface area contributed by atoms with Gasteiger partial charge in [0.05, 0.1) is 17.1 Å². The minimum absolute atomic E-state index is 0.0576. The molecule has 0 aliphatic heterocycles. The molecule has 1 heterocycles. The molecule has 0 unspecified atom stereocenters. The predicted molar refractivity (Wildman–Crippen MR) is 193 cm³/mol. The van der Waals surface area contributed by atoms with Gasteiger partial charge in [-0.2, -0.15) is 0 Å². The van der Waals surface area contributed by atoms with Crippen LogP contribution in [0.2, 0.25) is 0 Å². The van der Waals surface area contributed by atoms with Gasteiger partial charge in [-0.1, -0.05) is 62.3 Å². The van der Waals surface area contributed by atoms with Gasteiger partial charge in [0.15, 0.2) is 0 Å². The number of benzene rings is 3. The van der Waals surface area contributed by atoms with Crippen LogP contribution in [0.1, 0.15) is 112 Å². The van der Waals surface area contributed by atoms with Gasteiger partial charge in [-0.05, 0) is 109 Å². The van der Waals surface area contributed by atoms with Crippen molar-refractivity contribution in [2.75, 3.05) is 0 Å². The summed E-state index contributed by atoms with van der Waals surface area (Å²) in [6.07, 6.45) is 0. The average molecular weight is 658 g/mol. The van der Waals surface area contributed by atoms with Crippen LogP contribution in [-0.2, 0) is 16.2 Å². The lowest BCUT2D eigenvalue weighted by atomic mass is 9.83. The molecule has 4 rings (SSSR count). The van der Waals surface area contributed by atoms with Gasteiger partial charge in [0, 0.05) is 16.7 Å².